The number of aromatic hydroxyl groups is 2. The SMILES string of the molecule is CCCCCCN=CCOc1ccc(Oc2ccc(O)cc2-c2cccc(O)c2)cc1. The molecule has 0 aliphatic carbocycles. The molecule has 0 bridgehead atoms. The summed E-state index contributed by atoms with van der Waals surface area (Å²) in [6.07, 6.45) is 6.66. The Morgan fingerprint density at radius 1 is 0.839 bits per heavy atom. The van der Waals surface area contributed by atoms with Gasteiger partial charge in [-0.15, -0.1) is 0 Å². The monoisotopic (exact) mass is 419 g/mol. The number of unbranched alkanes of at least 4 members (excludes halogenated alkanes) is 3. The van der Waals surface area contributed by atoms with E-state index in [4.69, 9.17) is 9.47 Å². The van der Waals surface area contributed by atoms with Crippen molar-refractivity contribution in [3.63, 3.8) is 0 Å². The smallest absolute Gasteiger partial charge is 0.135 e. The molecule has 0 unspecified atom stereocenters. The molecule has 3 aromatic carbocycles. The number of benzene rings is 3. The van der Waals surface area contributed by atoms with Crippen LogP contribution in [0, 0.1) is 0 Å². The van der Waals surface area contributed by atoms with Crippen molar-refractivity contribution in [3.05, 3.63) is 66.7 Å². The summed E-state index contributed by atoms with van der Waals surface area (Å²) in [5, 5.41) is 19.7. The van der Waals surface area contributed by atoms with Crippen LogP contribution in [0.3, 0.4) is 0 Å². The van der Waals surface area contributed by atoms with E-state index in [1.165, 1.54) is 19.3 Å². The van der Waals surface area contributed by atoms with E-state index in [9.17, 15) is 10.2 Å². The molecule has 5 nitrogen and oxygen atoms in total. The van der Waals surface area contributed by atoms with E-state index in [1.807, 2.05) is 36.5 Å². The summed E-state index contributed by atoms with van der Waals surface area (Å²) in [5.74, 6) is 2.24. The predicted octanol–water partition coefficient (Wildman–Crippen LogP) is 6.59. The van der Waals surface area contributed by atoms with E-state index in [0.29, 0.717) is 23.7 Å². The Bertz CT molecular complexity index is 983. The minimum Gasteiger partial charge on any atom is -0.508 e. The zero-order valence-corrected chi connectivity index (χ0v) is 17.8. The van der Waals surface area contributed by atoms with Gasteiger partial charge >= 0.3 is 0 Å². The van der Waals surface area contributed by atoms with Crippen LogP contribution in [0.4, 0.5) is 0 Å². The van der Waals surface area contributed by atoms with Gasteiger partial charge in [-0.05, 0) is 66.6 Å². The molecule has 2 N–H and O–H groups in total. The maximum atomic E-state index is 9.90. The van der Waals surface area contributed by atoms with Gasteiger partial charge < -0.3 is 19.7 Å². The summed E-state index contributed by atoms with van der Waals surface area (Å²) >= 11 is 0. The average molecular weight is 420 g/mol. The van der Waals surface area contributed by atoms with E-state index < -0.39 is 0 Å². The molecule has 5 heteroatoms. The second-order valence-electron chi connectivity index (χ2n) is 7.26. The number of phenols is 2. The summed E-state index contributed by atoms with van der Waals surface area (Å²) in [4.78, 5) is 4.37. The average Bonchev–Trinajstić information content (AvgIpc) is 2.78. The molecule has 0 spiro atoms. The lowest BCUT2D eigenvalue weighted by Crippen LogP contribution is -1.99. The van der Waals surface area contributed by atoms with Crippen LogP contribution in [0.15, 0.2) is 71.7 Å². The van der Waals surface area contributed by atoms with Gasteiger partial charge in [0.25, 0.3) is 0 Å². The zero-order valence-electron chi connectivity index (χ0n) is 17.8. The van der Waals surface area contributed by atoms with Crippen molar-refractivity contribution < 1.29 is 19.7 Å². The fourth-order valence-corrected chi connectivity index (χ4v) is 3.14. The first kappa shape index (κ1) is 22.2. The quantitative estimate of drug-likeness (QED) is 0.272. The summed E-state index contributed by atoms with van der Waals surface area (Å²) in [5.41, 5.74) is 1.44. The first-order valence-electron chi connectivity index (χ1n) is 10.7. The third kappa shape index (κ3) is 7.07. The first-order chi connectivity index (χ1) is 15.2. The highest BCUT2D eigenvalue weighted by atomic mass is 16.5. The number of rotatable bonds is 11. The van der Waals surface area contributed by atoms with Crippen molar-refractivity contribution in [1.29, 1.82) is 0 Å². The third-order valence-electron chi connectivity index (χ3n) is 4.77. The second-order valence-corrected chi connectivity index (χ2v) is 7.26. The second kappa shape index (κ2) is 11.6. The molecule has 31 heavy (non-hydrogen) atoms. The minimum absolute atomic E-state index is 0.126. The van der Waals surface area contributed by atoms with Gasteiger partial charge in [-0.3, -0.25) is 4.99 Å². The largest absolute Gasteiger partial charge is 0.508 e. The Balaban J connectivity index is 1.58. The van der Waals surface area contributed by atoms with Crippen LogP contribution in [0.2, 0.25) is 0 Å². The fourth-order valence-electron chi connectivity index (χ4n) is 3.14. The van der Waals surface area contributed by atoms with Gasteiger partial charge in [0.05, 0.1) is 0 Å². The van der Waals surface area contributed by atoms with Crippen molar-refractivity contribution in [3.8, 4) is 39.9 Å². The van der Waals surface area contributed by atoms with Crippen LogP contribution in [0.25, 0.3) is 11.1 Å². The highest BCUT2D eigenvalue weighted by molar-refractivity contribution is 5.73. The van der Waals surface area contributed by atoms with Gasteiger partial charge in [0.15, 0.2) is 0 Å². The lowest BCUT2D eigenvalue weighted by Gasteiger charge is -2.13. The van der Waals surface area contributed by atoms with Crippen molar-refractivity contribution in [2.75, 3.05) is 13.2 Å². The molecule has 3 aromatic rings. The molecule has 0 radical (unpaired) electrons. The van der Waals surface area contributed by atoms with Crippen LogP contribution >= 0.6 is 0 Å². The lowest BCUT2D eigenvalue weighted by atomic mass is 10.0. The maximum absolute atomic E-state index is 9.90. The Morgan fingerprint density at radius 3 is 2.39 bits per heavy atom. The van der Waals surface area contributed by atoms with Crippen LogP contribution in [0.1, 0.15) is 32.6 Å². The molecular formula is C26H29NO4. The van der Waals surface area contributed by atoms with Crippen molar-refractivity contribution in [2.24, 2.45) is 4.99 Å². The molecule has 0 aromatic heterocycles. The molecule has 0 amide bonds. The van der Waals surface area contributed by atoms with E-state index in [0.717, 1.165) is 24.3 Å². The van der Waals surface area contributed by atoms with Crippen molar-refractivity contribution in [2.45, 2.75) is 32.6 Å². The summed E-state index contributed by atoms with van der Waals surface area (Å²) in [6.45, 7) is 3.49. The topological polar surface area (TPSA) is 71.3 Å². The molecule has 0 aliphatic heterocycles. The van der Waals surface area contributed by atoms with Gasteiger partial charge in [-0.25, -0.2) is 0 Å². The van der Waals surface area contributed by atoms with Crippen LogP contribution in [-0.4, -0.2) is 29.6 Å². The van der Waals surface area contributed by atoms with Crippen LogP contribution in [0.5, 0.6) is 28.7 Å². The zero-order chi connectivity index (χ0) is 21.9. The van der Waals surface area contributed by atoms with E-state index >= 15 is 0 Å². The minimum atomic E-state index is 0.126. The standard InChI is InChI=1S/C26H29NO4/c1-2-3-4-5-15-27-16-17-30-23-10-12-24(13-11-23)31-26-14-9-22(29)19-25(26)20-7-6-8-21(28)18-20/h6-14,16,18-19,28-29H,2-5,15,17H2,1H3. The van der Waals surface area contributed by atoms with E-state index in [2.05, 4.69) is 11.9 Å². The number of aliphatic imine (C=N–C) groups is 1. The van der Waals surface area contributed by atoms with Gasteiger partial charge in [0.2, 0.25) is 0 Å². The van der Waals surface area contributed by atoms with Crippen molar-refractivity contribution in [1.82, 2.24) is 0 Å². The highest BCUT2D eigenvalue weighted by Gasteiger charge is 2.10. The van der Waals surface area contributed by atoms with Crippen molar-refractivity contribution >= 4 is 6.21 Å². The molecule has 0 atom stereocenters. The molecule has 0 saturated heterocycles. The number of hydrogen-bond donors (Lipinski definition) is 2. The summed E-state index contributed by atoms with van der Waals surface area (Å²) < 4.78 is 11.7. The third-order valence-corrected chi connectivity index (χ3v) is 4.77. The number of hydrogen-bond acceptors (Lipinski definition) is 5. The van der Waals surface area contributed by atoms with Gasteiger partial charge in [0, 0.05) is 18.3 Å². The van der Waals surface area contributed by atoms with E-state index in [1.54, 1.807) is 36.4 Å². The Kier molecular flexibility index (Phi) is 8.35. The Hall–Kier alpha value is -3.47. The molecule has 0 aliphatic rings. The predicted molar refractivity (Wildman–Crippen MR) is 125 cm³/mol. The highest BCUT2D eigenvalue weighted by Crippen LogP contribution is 2.37. The summed E-state index contributed by atoms with van der Waals surface area (Å²) in [7, 11) is 0. The van der Waals surface area contributed by atoms with Gasteiger partial charge in [-0.2, -0.15) is 0 Å². The molecule has 0 heterocycles. The molecule has 0 saturated carbocycles. The van der Waals surface area contributed by atoms with Gasteiger partial charge in [0.1, 0.15) is 35.4 Å². The molecule has 0 fully saturated rings. The summed E-state index contributed by atoms with van der Waals surface area (Å²) in [6, 6.07) is 19.1. The van der Waals surface area contributed by atoms with Crippen LogP contribution < -0.4 is 9.47 Å². The van der Waals surface area contributed by atoms with E-state index in [-0.39, 0.29) is 11.5 Å². The number of phenolic OH excluding ortho intramolecular Hbond substituents is 2. The Morgan fingerprint density at radius 2 is 1.61 bits per heavy atom. The molecular weight excluding hydrogens is 390 g/mol. The van der Waals surface area contributed by atoms with Crippen LogP contribution in [-0.2, 0) is 0 Å². The molecule has 162 valence electrons. The lowest BCUT2D eigenvalue weighted by molar-refractivity contribution is 0.379. The normalized spacial score (nSPS) is 11.0. The maximum Gasteiger partial charge on any atom is 0.135 e. The Labute approximate surface area is 183 Å². The first-order valence-corrected chi connectivity index (χ1v) is 10.7. The number of nitrogens with zero attached hydrogens (tertiary/aromatic N) is 1. The number of ether oxygens (including phenoxy) is 2. The van der Waals surface area contributed by atoms with Gasteiger partial charge in [-0.1, -0.05) is 38.3 Å². The fraction of sp³-hybridized carbons (Fsp3) is 0.269. The molecule has 3 rings (SSSR count).